The van der Waals surface area contributed by atoms with Gasteiger partial charge in [0.15, 0.2) is 0 Å². The zero-order valence-corrected chi connectivity index (χ0v) is 13.9. The second-order valence-electron chi connectivity index (χ2n) is 5.28. The maximum Gasteiger partial charge on any atom is 0.264 e. The van der Waals surface area contributed by atoms with Crippen molar-refractivity contribution in [2.75, 3.05) is 11.4 Å². The Morgan fingerprint density at radius 2 is 1.95 bits per heavy atom. The Balaban J connectivity index is 2.11. The SMILES string of the molecule is COc1cc(S(=O)(=O)N2c3ccccc3CC2C)ccc1Cl. The van der Waals surface area contributed by atoms with E-state index in [1.165, 1.54) is 23.5 Å². The molecule has 1 aliphatic heterocycles. The Labute approximate surface area is 135 Å². The Morgan fingerprint density at radius 3 is 2.68 bits per heavy atom. The van der Waals surface area contributed by atoms with Crippen molar-refractivity contribution in [3.8, 4) is 5.75 Å². The van der Waals surface area contributed by atoms with E-state index in [0.717, 1.165) is 11.3 Å². The van der Waals surface area contributed by atoms with Gasteiger partial charge >= 0.3 is 0 Å². The van der Waals surface area contributed by atoms with Crippen LogP contribution in [0.2, 0.25) is 5.02 Å². The van der Waals surface area contributed by atoms with E-state index in [1.54, 1.807) is 6.07 Å². The molecule has 6 heteroatoms. The summed E-state index contributed by atoms with van der Waals surface area (Å²) in [6, 6.07) is 12.0. The van der Waals surface area contributed by atoms with Gasteiger partial charge in [0.1, 0.15) is 5.75 Å². The molecule has 0 fully saturated rings. The molecule has 0 spiro atoms. The maximum absolute atomic E-state index is 13.0. The summed E-state index contributed by atoms with van der Waals surface area (Å²) in [4.78, 5) is 0.178. The molecule has 2 aromatic carbocycles. The van der Waals surface area contributed by atoms with Gasteiger partial charge in [0.25, 0.3) is 10.0 Å². The minimum atomic E-state index is -3.66. The summed E-state index contributed by atoms with van der Waals surface area (Å²) in [5, 5.41) is 0.385. The number of para-hydroxylation sites is 1. The summed E-state index contributed by atoms with van der Waals surface area (Å²) in [5.74, 6) is 0.350. The Kier molecular flexibility index (Phi) is 3.78. The molecule has 0 saturated carbocycles. The number of methoxy groups -OCH3 is 1. The number of fused-ring (bicyclic) bond motifs is 1. The van der Waals surface area contributed by atoms with Crippen molar-refractivity contribution in [3.05, 3.63) is 53.1 Å². The molecule has 0 amide bonds. The van der Waals surface area contributed by atoms with Crippen LogP contribution in [-0.2, 0) is 16.4 Å². The third kappa shape index (κ3) is 2.34. The van der Waals surface area contributed by atoms with Crippen molar-refractivity contribution in [2.24, 2.45) is 0 Å². The van der Waals surface area contributed by atoms with Crippen LogP contribution in [0.3, 0.4) is 0 Å². The second-order valence-corrected chi connectivity index (χ2v) is 7.50. The largest absolute Gasteiger partial charge is 0.495 e. The van der Waals surface area contributed by atoms with Gasteiger partial charge in [-0.15, -0.1) is 0 Å². The van der Waals surface area contributed by atoms with Crippen molar-refractivity contribution >= 4 is 27.3 Å². The number of sulfonamides is 1. The van der Waals surface area contributed by atoms with Crippen molar-refractivity contribution < 1.29 is 13.2 Å². The van der Waals surface area contributed by atoms with E-state index >= 15 is 0 Å². The predicted octanol–water partition coefficient (Wildman–Crippen LogP) is 3.49. The van der Waals surface area contributed by atoms with Crippen LogP contribution >= 0.6 is 11.6 Å². The summed E-state index contributed by atoms with van der Waals surface area (Å²) in [6.07, 6.45) is 0.708. The highest BCUT2D eigenvalue weighted by molar-refractivity contribution is 7.92. The lowest BCUT2D eigenvalue weighted by atomic mass is 10.1. The van der Waals surface area contributed by atoms with Crippen molar-refractivity contribution in [1.82, 2.24) is 0 Å². The molecular formula is C16H16ClNO3S. The zero-order chi connectivity index (χ0) is 15.9. The average molecular weight is 338 g/mol. The number of ether oxygens (including phenoxy) is 1. The standard InChI is InChI=1S/C16H16ClNO3S/c1-11-9-12-5-3-4-6-15(12)18(11)22(19,20)13-7-8-14(17)16(10-13)21-2/h3-8,10-11H,9H2,1-2H3. The molecule has 0 N–H and O–H groups in total. The van der Waals surface area contributed by atoms with Gasteiger partial charge in [0.05, 0.1) is 22.7 Å². The molecule has 1 aliphatic rings. The Hall–Kier alpha value is -1.72. The molecule has 0 bridgehead atoms. The summed E-state index contributed by atoms with van der Waals surface area (Å²) >= 11 is 5.98. The van der Waals surface area contributed by atoms with Crippen LogP contribution in [0.25, 0.3) is 0 Å². The Bertz CT molecular complexity index is 820. The highest BCUT2D eigenvalue weighted by atomic mass is 35.5. The van der Waals surface area contributed by atoms with E-state index in [-0.39, 0.29) is 10.9 Å². The maximum atomic E-state index is 13.0. The van der Waals surface area contributed by atoms with Gasteiger partial charge in [-0.25, -0.2) is 8.42 Å². The summed E-state index contributed by atoms with van der Waals surface area (Å²) in [6.45, 7) is 1.91. The highest BCUT2D eigenvalue weighted by Gasteiger charge is 2.36. The molecule has 3 rings (SSSR count). The molecule has 4 nitrogen and oxygen atoms in total. The van der Waals surface area contributed by atoms with Gasteiger partial charge in [-0.3, -0.25) is 4.31 Å². The first-order chi connectivity index (χ1) is 10.4. The number of hydrogen-bond donors (Lipinski definition) is 0. The van der Waals surface area contributed by atoms with Crippen LogP contribution in [0.5, 0.6) is 5.75 Å². The fraction of sp³-hybridized carbons (Fsp3) is 0.250. The van der Waals surface area contributed by atoms with E-state index < -0.39 is 10.0 Å². The molecule has 0 saturated heterocycles. The molecule has 0 aromatic heterocycles. The van der Waals surface area contributed by atoms with Crippen molar-refractivity contribution in [3.63, 3.8) is 0 Å². The predicted molar refractivity (Wildman–Crippen MR) is 87.3 cm³/mol. The van der Waals surface area contributed by atoms with Crippen molar-refractivity contribution in [2.45, 2.75) is 24.3 Å². The van der Waals surface area contributed by atoms with Gasteiger partial charge in [-0.1, -0.05) is 29.8 Å². The van der Waals surface area contributed by atoms with Crippen molar-refractivity contribution in [1.29, 1.82) is 0 Å². The minimum Gasteiger partial charge on any atom is -0.495 e. The quantitative estimate of drug-likeness (QED) is 0.861. The normalized spacial score (nSPS) is 17.4. The molecule has 1 heterocycles. The molecule has 1 unspecified atom stereocenters. The topological polar surface area (TPSA) is 46.6 Å². The number of hydrogen-bond acceptors (Lipinski definition) is 3. The average Bonchev–Trinajstić information content (AvgIpc) is 2.83. The lowest BCUT2D eigenvalue weighted by Crippen LogP contribution is -2.35. The van der Waals surface area contributed by atoms with Crippen LogP contribution < -0.4 is 9.04 Å². The minimum absolute atomic E-state index is 0.121. The molecule has 2 aromatic rings. The first kappa shape index (κ1) is 15.2. The lowest BCUT2D eigenvalue weighted by molar-refractivity contribution is 0.413. The monoisotopic (exact) mass is 337 g/mol. The second kappa shape index (κ2) is 5.48. The molecule has 0 aliphatic carbocycles. The van der Waals surface area contributed by atoms with Gasteiger partial charge < -0.3 is 4.74 Å². The number of rotatable bonds is 3. The first-order valence-electron chi connectivity index (χ1n) is 6.91. The van der Waals surface area contributed by atoms with Gasteiger partial charge in [0.2, 0.25) is 0 Å². The van der Waals surface area contributed by atoms with E-state index in [2.05, 4.69) is 0 Å². The van der Waals surface area contributed by atoms with E-state index in [1.807, 2.05) is 31.2 Å². The van der Waals surface area contributed by atoms with Crippen LogP contribution in [0.15, 0.2) is 47.4 Å². The van der Waals surface area contributed by atoms with E-state index in [9.17, 15) is 8.42 Å². The first-order valence-corrected chi connectivity index (χ1v) is 8.73. The summed E-state index contributed by atoms with van der Waals surface area (Å²) in [5.41, 5.74) is 1.78. The molecule has 22 heavy (non-hydrogen) atoms. The number of benzene rings is 2. The van der Waals surface area contributed by atoms with Crippen LogP contribution in [0.1, 0.15) is 12.5 Å². The highest BCUT2D eigenvalue weighted by Crippen LogP contribution is 2.37. The summed E-state index contributed by atoms with van der Waals surface area (Å²) in [7, 11) is -2.19. The van der Waals surface area contributed by atoms with Gasteiger partial charge in [-0.05, 0) is 37.1 Å². The fourth-order valence-corrected chi connectivity index (χ4v) is 4.72. The number of anilines is 1. The molecule has 116 valence electrons. The summed E-state index contributed by atoms with van der Waals surface area (Å²) < 4.78 is 32.6. The molecule has 0 radical (unpaired) electrons. The molecule has 1 atom stereocenters. The van der Waals surface area contributed by atoms with Crippen LogP contribution in [-0.4, -0.2) is 21.6 Å². The number of halogens is 1. The zero-order valence-electron chi connectivity index (χ0n) is 12.3. The smallest absolute Gasteiger partial charge is 0.264 e. The number of nitrogens with zero attached hydrogens (tertiary/aromatic N) is 1. The third-order valence-electron chi connectivity index (χ3n) is 3.82. The van der Waals surface area contributed by atoms with Gasteiger partial charge in [0, 0.05) is 12.1 Å². The van der Waals surface area contributed by atoms with E-state index in [4.69, 9.17) is 16.3 Å². The van der Waals surface area contributed by atoms with Gasteiger partial charge in [-0.2, -0.15) is 0 Å². The van der Waals surface area contributed by atoms with Crippen LogP contribution in [0, 0.1) is 0 Å². The third-order valence-corrected chi connectivity index (χ3v) is 6.06. The lowest BCUT2D eigenvalue weighted by Gasteiger charge is -2.24. The molecular weight excluding hydrogens is 322 g/mol. The van der Waals surface area contributed by atoms with Crippen LogP contribution in [0.4, 0.5) is 5.69 Å². The fourth-order valence-electron chi connectivity index (χ4n) is 2.82. The Morgan fingerprint density at radius 1 is 1.23 bits per heavy atom. The van der Waals surface area contributed by atoms with E-state index in [0.29, 0.717) is 17.2 Å².